The van der Waals surface area contributed by atoms with Gasteiger partial charge in [-0.2, -0.15) is 0 Å². The smallest absolute Gasteiger partial charge is 0.170 e. The zero-order chi connectivity index (χ0) is 10.7. The van der Waals surface area contributed by atoms with Gasteiger partial charge >= 0.3 is 0 Å². The summed E-state index contributed by atoms with van der Waals surface area (Å²) in [7, 11) is 0. The molecule has 0 aliphatic heterocycles. The molecular weight excluding hydrogens is 192 g/mol. The summed E-state index contributed by atoms with van der Waals surface area (Å²) in [6, 6.07) is 9.93. The fourth-order valence-corrected chi connectivity index (χ4v) is 1.19. The molecule has 4 nitrogen and oxygen atoms in total. The van der Waals surface area contributed by atoms with E-state index < -0.39 is 0 Å². The molecule has 2 aromatic rings. The van der Waals surface area contributed by atoms with Gasteiger partial charge in [0.2, 0.25) is 0 Å². The number of carbonyl (C=O) groups excluding carboxylic acids is 1. The van der Waals surface area contributed by atoms with Crippen LogP contribution in [0.1, 0.15) is 10.5 Å². The Balaban J connectivity index is 2.37. The summed E-state index contributed by atoms with van der Waals surface area (Å²) in [5.41, 5.74) is 1.82. The van der Waals surface area contributed by atoms with Crippen LogP contribution in [-0.4, -0.2) is 21.6 Å². The molecule has 1 N–H and O–H groups in total. The highest BCUT2D eigenvalue weighted by Gasteiger charge is 2.00. The van der Waals surface area contributed by atoms with Crippen LogP contribution in [-0.2, 0) is 0 Å². The minimum atomic E-state index is 0.205. The molecule has 0 spiro atoms. The van der Waals surface area contributed by atoms with E-state index in [0.29, 0.717) is 17.7 Å². The first-order chi connectivity index (χ1) is 7.29. The molecule has 0 saturated heterocycles. The Labute approximate surface area is 86.2 Å². The number of nitrogens with zero attached hydrogens (tertiary/aromatic N) is 2. The number of carbonyl (C=O) groups is 1. The van der Waals surface area contributed by atoms with E-state index in [9.17, 15) is 4.79 Å². The van der Waals surface area contributed by atoms with Crippen molar-refractivity contribution in [1.82, 2.24) is 10.2 Å². The minimum absolute atomic E-state index is 0.205. The van der Waals surface area contributed by atoms with Crippen LogP contribution in [0.3, 0.4) is 0 Å². The van der Waals surface area contributed by atoms with E-state index in [1.807, 2.05) is 0 Å². The van der Waals surface area contributed by atoms with Crippen molar-refractivity contribution in [3.8, 4) is 17.0 Å². The van der Waals surface area contributed by atoms with E-state index in [4.69, 9.17) is 5.11 Å². The average Bonchev–Trinajstić information content (AvgIpc) is 2.30. The molecular formula is C11H8N2O2. The number of aldehydes is 1. The second-order valence-electron chi connectivity index (χ2n) is 3.01. The Hall–Kier alpha value is -2.23. The largest absolute Gasteiger partial charge is 0.508 e. The molecule has 0 saturated carbocycles. The van der Waals surface area contributed by atoms with Crippen molar-refractivity contribution in [3.63, 3.8) is 0 Å². The molecule has 1 aromatic heterocycles. The normalized spacial score (nSPS) is 9.87. The first-order valence-corrected chi connectivity index (χ1v) is 4.38. The summed E-state index contributed by atoms with van der Waals surface area (Å²) in [6.07, 6.45) is 0.646. The lowest BCUT2D eigenvalue weighted by Crippen LogP contribution is -1.92. The number of hydrogen-bond donors (Lipinski definition) is 1. The highest BCUT2D eigenvalue weighted by Crippen LogP contribution is 2.18. The Morgan fingerprint density at radius 1 is 1.00 bits per heavy atom. The van der Waals surface area contributed by atoms with Gasteiger partial charge in [0.25, 0.3) is 0 Å². The van der Waals surface area contributed by atoms with Crippen molar-refractivity contribution in [2.24, 2.45) is 0 Å². The molecule has 1 aromatic carbocycles. The van der Waals surface area contributed by atoms with Gasteiger partial charge in [-0.25, -0.2) is 0 Å². The zero-order valence-corrected chi connectivity index (χ0v) is 7.79. The molecule has 15 heavy (non-hydrogen) atoms. The summed E-state index contributed by atoms with van der Waals surface area (Å²) >= 11 is 0. The van der Waals surface area contributed by atoms with Crippen LogP contribution in [0.25, 0.3) is 11.3 Å². The molecule has 0 amide bonds. The van der Waals surface area contributed by atoms with Crippen LogP contribution in [0.4, 0.5) is 0 Å². The summed E-state index contributed by atoms with van der Waals surface area (Å²) in [4.78, 5) is 10.4. The van der Waals surface area contributed by atoms with Crippen LogP contribution in [0.5, 0.6) is 5.75 Å². The van der Waals surface area contributed by atoms with Crippen molar-refractivity contribution < 1.29 is 9.90 Å². The van der Waals surface area contributed by atoms with Crippen LogP contribution >= 0.6 is 0 Å². The molecule has 2 rings (SSSR count). The van der Waals surface area contributed by atoms with Gasteiger partial charge in [-0.3, -0.25) is 4.79 Å². The first kappa shape index (κ1) is 9.33. The number of hydrogen-bond acceptors (Lipinski definition) is 4. The predicted octanol–water partition coefficient (Wildman–Crippen LogP) is 1.66. The third-order valence-electron chi connectivity index (χ3n) is 1.97. The molecule has 4 heteroatoms. The molecule has 0 fully saturated rings. The van der Waals surface area contributed by atoms with Crippen molar-refractivity contribution in [1.29, 1.82) is 0 Å². The highest BCUT2D eigenvalue weighted by atomic mass is 16.3. The molecule has 0 radical (unpaired) electrons. The summed E-state index contributed by atoms with van der Waals surface area (Å²) in [6.45, 7) is 0. The van der Waals surface area contributed by atoms with Gasteiger partial charge < -0.3 is 5.11 Å². The molecule has 74 valence electrons. The minimum Gasteiger partial charge on any atom is -0.508 e. The topological polar surface area (TPSA) is 63.1 Å². The summed E-state index contributed by atoms with van der Waals surface area (Å²) in [5.74, 6) is 0.205. The predicted molar refractivity (Wildman–Crippen MR) is 54.5 cm³/mol. The second kappa shape index (κ2) is 3.88. The van der Waals surface area contributed by atoms with E-state index in [0.717, 1.165) is 5.56 Å². The fraction of sp³-hybridized carbons (Fsp3) is 0. The van der Waals surface area contributed by atoms with Gasteiger partial charge in [0.05, 0.1) is 5.69 Å². The number of phenolic OH excluding ortho intramolecular Hbond substituents is 1. The van der Waals surface area contributed by atoms with Gasteiger partial charge in [0, 0.05) is 5.56 Å². The quantitative estimate of drug-likeness (QED) is 0.749. The number of benzene rings is 1. The molecule has 0 aliphatic carbocycles. The number of rotatable bonds is 2. The Bertz CT molecular complexity index is 463. The maximum Gasteiger partial charge on any atom is 0.170 e. The summed E-state index contributed by atoms with van der Waals surface area (Å²) in [5, 5.41) is 16.7. The van der Waals surface area contributed by atoms with Crippen molar-refractivity contribution in [2.45, 2.75) is 0 Å². The lowest BCUT2D eigenvalue weighted by molar-refractivity contribution is 0.111. The Kier molecular flexibility index (Phi) is 2.41. The van der Waals surface area contributed by atoms with Gasteiger partial charge in [0.1, 0.15) is 11.4 Å². The van der Waals surface area contributed by atoms with Crippen molar-refractivity contribution in [2.75, 3.05) is 0 Å². The van der Waals surface area contributed by atoms with E-state index in [-0.39, 0.29) is 5.75 Å². The third kappa shape index (κ3) is 1.99. The van der Waals surface area contributed by atoms with Crippen LogP contribution < -0.4 is 0 Å². The molecule has 0 unspecified atom stereocenters. The zero-order valence-electron chi connectivity index (χ0n) is 7.79. The maximum absolute atomic E-state index is 10.4. The molecule has 1 heterocycles. The lowest BCUT2D eigenvalue weighted by Gasteiger charge is -1.99. The van der Waals surface area contributed by atoms with Crippen LogP contribution in [0, 0.1) is 0 Å². The number of phenols is 1. The van der Waals surface area contributed by atoms with E-state index in [2.05, 4.69) is 10.2 Å². The standard InChI is InChI=1S/C11H8N2O2/c14-7-9-3-6-11(13-12-9)8-1-4-10(15)5-2-8/h1-7,15H. The third-order valence-corrected chi connectivity index (χ3v) is 1.97. The first-order valence-electron chi connectivity index (χ1n) is 4.38. The van der Waals surface area contributed by atoms with Crippen LogP contribution in [0.15, 0.2) is 36.4 Å². The summed E-state index contributed by atoms with van der Waals surface area (Å²) < 4.78 is 0. The molecule has 0 bridgehead atoms. The molecule has 0 atom stereocenters. The van der Waals surface area contributed by atoms with Gasteiger partial charge in [0.15, 0.2) is 6.29 Å². The van der Waals surface area contributed by atoms with Gasteiger partial charge in [-0.05, 0) is 36.4 Å². The monoisotopic (exact) mass is 200 g/mol. The van der Waals surface area contributed by atoms with E-state index >= 15 is 0 Å². The average molecular weight is 200 g/mol. The van der Waals surface area contributed by atoms with Crippen molar-refractivity contribution in [3.05, 3.63) is 42.1 Å². The van der Waals surface area contributed by atoms with Gasteiger partial charge in [-0.1, -0.05) is 0 Å². The van der Waals surface area contributed by atoms with E-state index in [1.165, 1.54) is 0 Å². The highest BCUT2D eigenvalue weighted by molar-refractivity contribution is 5.72. The number of aromatic hydroxyl groups is 1. The Morgan fingerprint density at radius 2 is 1.73 bits per heavy atom. The SMILES string of the molecule is O=Cc1ccc(-c2ccc(O)cc2)nn1. The van der Waals surface area contributed by atoms with Crippen LogP contribution in [0.2, 0.25) is 0 Å². The van der Waals surface area contributed by atoms with Gasteiger partial charge in [-0.15, -0.1) is 10.2 Å². The lowest BCUT2D eigenvalue weighted by atomic mass is 10.1. The maximum atomic E-state index is 10.4. The number of aromatic nitrogens is 2. The fourth-order valence-electron chi connectivity index (χ4n) is 1.19. The second-order valence-corrected chi connectivity index (χ2v) is 3.01. The van der Waals surface area contributed by atoms with Crippen molar-refractivity contribution >= 4 is 6.29 Å². The Morgan fingerprint density at radius 3 is 2.27 bits per heavy atom. The van der Waals surface area contributed by atoms with E-state index in [1.54, 1.807) is 36.4 Å². The molecule has 0 aliphatic rings.